The Balaban J connectivity index is 1.81. The number of ether oxygens (including phenoxy) is 1. The molecule has 5 nitrogen and oxygen atoms in total. The Kier molecular flexibility index (Phi) is 3.34. The molecule has 0 saturated heterocycles. The molecular formula is C9H12F3N3O2. The Hall–Kier alpha value is -1.15. The second-order valence-corrected chi connectivity index (χ2v) is 4.02. The summed E-state index contributed by atoms with van der Waals surface area (Å²) in [6.45, 7) is -1.66. The highest BCUT2D eigenvalue weighted by molar-refractivity contribution is 4.97. The zero-order chi connectivity index (χ0) is 12.5. The van der Waals surface area contributed by atoms with E-state index in [9.17, 15) is 13.2 Å². The molecule has 1 aromatic rings. The molecule has 0 amide bonds. The lowest BCUT2D eigenvalue weighted by Crippen LogP contribution is -2.17. The van der Waals surface area contributed by atoms with Gasteiger partial charge in [-0.25, -0.2) is 0 Å². The Labute approximate surface area is 95.1 Å². The molecule has 17 heavy (non-hydrogen) atoms. The second-order valence-electron chi connectivity index (χ2n) is 4.02. The van der Waals surface area contributed by atoms with Crippen LogP contribution < -0.4 is 5.73 Å². The minimum atomic E-state index is -4.35. The predicted molar refractivity (Wildman–Crippen MR) is 49.7 cm³/mol. The highest BCUT2D eigenvalue weighted by Crippen LogP contribution is 2.38. The molecule has 8 heteroatoms. The quantitative estimate of drug-likeness (QED) is 0.859. The molecule has 1 aromatic heterocycles. The van der Waals surface area contributed by atoms with E-state index in [0.29, 0.717) is 5.92 Å². The zero-order valence-electron chi connectivity index (χ0n) is 8.91. The number of nitrogens with two attached hydrogens (primary N) is 1. The first-order valence-corrected chi connectivity index (χ1v) is 5.18. The van der Waals surface area contributed by atoms with Crippen molar-refractivity contribution in [2.24, 2.45) is 11.7 Å². The first kappa shape index (κ1) is 12.3. The van der Waals surface area contributed by atoms with Gasteiger partial charge in [-0.1, -0.05) is 5.16 Å². The Morgan fingerprint density at radius 1 is 1.47 bits per heavy atom. The van der Waals surface area contributed by atoms with Gasteiger partial charge >= 0.3 is 6.18 Å². The molecular weight excluding hydrogens is 239 g/mol. The topological polar surface area (TPSA) is 74.2 Å². The molecule has 0 aliphatic heterocycles. The van der Waals surface area contributed by atoms with Crippen molar-refractivity contribution in [2.75, 3.05) is 6.61 Å². The highest BCUT2D eigenvalue weighted by atomic mass is 19.4. The van der Waals surface area contributed by atoms with Crippen molar-refractivity contribution in [3.05, 3.63) is 11.7 Å². The summed E-state index contributed by atoms with van der Waals surface area (Å²) in [5, 5.41) is 3.51. The van der Waals surface area contributed by atoms with Gasteiger partial charge in [0, 0.05) is 0 Å². The SMILES string of the molecule is NC(c1nc(COCC(F)(F)F)no1)C1CC1. The van der Waals surface area contributed by atoms with Gasteiger partial charge < -0.3 is 15.0 Å². The molecule has 2 rings (SSSR count). The lowest BCUT2D eigenvalue weighted by molar-refractivity contribution is -0.177. The Morgan fingerprint density at radius 2 is 2.18 bits per heavy atom. The van der Waals surface area contributed by atoms with Gasteiger partial charge in [0.2, 0.25) is 5.89 Å². The minimum Gasteiger partial charge on any atom is -0.364 e. The van der Waals surface area contributed by atoms with Crippen molar-refractivity contribution < 1.29 is 22.4 Å². The van der Waals surface area contributed by atoms with Crippen LogP contribution in [0.2, 0.25) is 0 Å². The van der Waals surface area contributed by atoms with Crippen molar-refractivity contribution in [3.63, 3.8) is 0 Å². The highest BCUT2D eigenvalue weighted by Gasteiger charge is 2.33. The summed E-state index contributed by atoms with van der Waals surface area (Å²) in [7, 11) is 0. The second kappa shape index (κ2) is 4.61. The third-order valence-electron chi connectivity index (χ3n) is 2.40. The van der Waals surface area contributed by atoms with Gasteiger partial charge in [0.1, 0.15) is 13.2 Å². The average molecular weight is 251 g/mol. The molecule has 1 aliphatic carbocycles. The van der Waals surface area contributed by atoms with Crippen LogP contribution in [0.5, 0.6) is 0 Å². The van der Waals surface area contributed by atoms with E-state index in [2.05, 4.69) is 14.9 Å². The van der Waals surface area contributed by atoms with Crippen LogP contribution in [-0.4, -0.2) is 22.9 Å². The van der Waals surface area contributed by atoms with Gasteiger partial charge in [-0.15, -0.1) is 0 Å². The minimum absolute atomic E-state index is 0.0837. The molecule has 96 valence electrons. The molecule has 1 saturated carbocycles. The van der Waals surface area contributed by atoms with Crippen molar-refractivity contribution in [1.82, 2.24) is 10.1 Å². The number of halogens is 3. The summed E-state index contributed by atoms with van der Waals surface area (Å²) in [5.74, 6) is 0.692. The van der Waals surface area contributed by atoms with Crippen LogP contribution in [0.15, 0.2) is 4.52 Å². The summed E-state index contributed by atoms with van der Waals surface area (Å²) in [6.07, 6.45) is -2.32. The third-order valence-corrected chi connectivity index (χ3v) is 2.40. The van der Waals surface area contributed by atoms with Crippen LogP contribution in [0.25, 0.3) is 0 Å². The van der Waals surface area contributed by atoms with Crippen LogP contribution in [-0.2, 0) is 11.3 Å². The molecule has 1 heterocycles. The van der Waals surface area contributed by atoms with E-state index in [1.165, 1.54) is 0 Å². The first-order valence-electron chi connectivity index (χ1n) is 5.18. The number of hydrogen-bond donors (Lipinski definition) is 1. The molecule has 0 radical (unpaired) electrons. The van der Waals surface area contributed by atoms with Gasteiger partial charge in [0.05, 0.1) is 6.04 Å². The molecule has 2 N–H and O–H groups in total. The van der Waals surface area contributed by atoms with E-state index in [0.717, 1.165) is 12.8 Å². The molecule has 1 aliphatic rings. The summed E-state index contributed by atoms with van der Waals surface area (Å²) in [5.41, 5.74) is 5.79. The van der Waals surface area contributed by atoms with E-state index in [-0.39, 0.29) is 24.4 Å². The standard InChI is InChI=1S/C9H12F3N3O2/c10-9(11,12)4-16-3-6-14-8(17-15-6)7(13)5-1-2-5/h5,7H,1-4,13H2. The van der Waals surface area contributed by atoms with Crippen molar-refractivity contribution in [3.8, 4) is 0 Å². The van der Waals surface area contributed by atoms with Gasteiger partial charge in [-0.2, -0.15) is 18.2 Å². The van der Waals surface area contributed by atoms with E-state index >= 15 is 0 Å². The van der Waals surface area contributed by atoms with Gasteiger partial charge in [-0.05, 0) is 18.8 Å². The maximum atomic E-state index is 11.8. The molecule has 0 spiro atoms. The van der Waals surface area contributed by atoms with Gasteiger partial charge in [0.15, 0.2) is 5.82 Å². The smallest absolute Gasteiger partial charge is 0.364 e. The van der Waals surface area contributed by atoms with Gasteiger partial charge in [0.25, 0.3) is 0 Å². The fraction of sp³-hybridized carbons (Fsp3) is 0.778. The normalized spacial score (nSPS) is 18.4. The third kappa shape index (κ3) is 3.67. The number of nitrogens with zero attached hydrogens (tertiary/aromatic N) is 2. The lowest BCUT2D eigenvalue weighted by Gasteiger charge is -2.04. The number of hydrogen-bond acceptors (Lipinski definition) is 5. The number of alkyl halides is 3. The zero-order valence-corrected chi connectivity index (χ0v) is 8.91. The lowest BCUT2D eigenvalue weighted by atomic mass is 10.2. The fourth-order valence-electron chi connectivity index (χ4n) is 1.38. The number of aromatic nitrogens is 2. The Bertz CT molecular complexity index is 376. The fourth-order valence-corrected chi connectivity index (χ4v) is 1.38. The van der Waals surface area contributed by atoms with Crippen molar-refractivity contribution in [1.29, 1.82) is 0 Å². The summed E-state index contributed by atoms with van der Waals surface area (Å²) < 4.78 is 44.7. The first-order chi connectivity index (χ1) is 7.96. The Morgan fingerprint density at radius 3 is 2.76 bits per heavy atom. The van der Waals surface area contributed by atoms with Crippen LogP contribution >= 0.6 is 0 Å². The van der Waals surface area contributed by atoms with Crippen LogP contribution in [0.3, 0.4) is 0 Å². The molecule has 1 fully saturated rings. The number of rotatable bonds is 5. The van der Waals surface area contributed by atoms with E-state index in [1.807, 2.05) is 0 Å². The van der Waals surface area contributed by atoms with Gasteiger partial charge in [-0.3, -0.25) is 0 Å². The van der Waals surface area contributed by atoms with E-state index in [1.54, 1.807) is 0 Å². The van der Waals surface area contributed by atoms with Crippen molar-refractivity contribution in [2.45, 2.75) is 31.7 Å². The molecule has 0 aromatic carbocycles. The predicted octanol–water partition coefficient (Wildman–Crippen LogP) is 1.56. The van der Waals surface area contributed by atoms with Crippen LogP contribution in [0.1, 0.15) is 30.6 Å². The van der Waals surface area contributed by atoms with E-state index in [4.69, 9.17) is 10.3 Å². The monoisotopic (exact) mass is 251 g/mol. The van der Waals surface area contributed by atoms with Crippen molar-refractivity contribution >= 4 is 0 Å². The maximum absolute atomic E-state index is 11.8. The molecule has 1 unspecified atom stereocenters. The van der Waals surface area contributed by atoms with E-state index < -0.39 is 12.8 Å². The largest absolute Gasteiger partial charge is 0.411 e. The summed E-state index contributed by atoms with van der Waals surface area (Å²) >= 11 is 0. The summed E-state index contributed by atoms with van der Waals surface area (Å²) in [6, 6.07) is -0.320. The maximum Gasteiger partial charge on any atom is 0.411 e. The average Bonchev–Trinajstić information content (AvgIpc) is 2.96. The summed E-state index contributed by atoms with van der Waals surface area (Å²) in [4.78, 5) is 3.90. The van der Waals surface area contributed by atoms with Crippen LogP contribution in [0.4, 0.5) is 13.2 Å². The molecule has 1 atom stereocenters. The van der Waals surface area contributed by atoms with Crippen LogP contribution in [0, 0.1) is 5.92 Å². The molecule has 0 bridgehead atoms.